The van der Waals surface area contributed by atoms with Gasteiger partial charge in [-0.2, -0.15) is 0 Å². The summed E-state index contributed by atoms with van der Waals surface area (Å²) in [5.74, 6) is 1.94. The van der Waals surface area contributed by atoms with E-state index in [0.717, 1.165) is 25.0 Å². The molecule has 2 fully saturated rings. The standard InChI is InChI=1S/C16H31N3O2S/c1-4-17-15(19-13(2)8-11-22(3,20)21)18-12-16(9-5-10-16)14-6-7-14/h13-14H,4-12H2,1-3H3,(H2,17,18,19). The molecular weight excluding hydrogens is 298 g/mol. The average molecular weight is 330 g/mol. The van der Waals surface area contributed by atoms with Crippen molar-refractivity contribution in [2.45, 2.75) is 58.4 Å². The first kappa shape index (κ1) is 17.6. The van der Waals surface area contributed by atoms with Crippen LogP contribution in [-0.4, -0.2) is 45.5 Å². The van der Waals surface area contributed by atoms with Crippen molar-refractivity contribution in [3.8, 4) is 0 Å². The largest absolute Gasteiger partial charge is 0.357 e. The normalized spacial score (nSPS) is 22.8. The summed E-state index contributed by atoms with van der Waals surface area (Å²) in [6, 6.07) is 0.103. The minimum absolute atomic E-state index is 0.103. The first-order chi connectivity index (χ1) is 10.3. The van der Waals surface area contributed by atoms with Crippen molar-refractivity contribution < 1.29 is 8.42 Å². The molecule has 0 bridgehead atoms. The van der Waals surface area contributed by atoms with Crippen LogP contribution >= 0.6 is 0 Å². The van der Waals surface area contributed by atoms with Gasteiger partial charge in [-0.05, 0) is 57.3 Å². The third kappa shape index (κ3) is 5.14. The van der Waals surface area contributed by atoms with Crippen LogP contribution in [0.3, 0.4) is 0 Å². The van der Waals surface area contributed by atoms with Crippen molar-refractivity contribution in [2.75, 3.05) is 25.1 Å². The molecule has 0 heterocycles. The number of rotatable bonds is 8. The highest BCUT2D eigenvalue weighted by Gasteiger charge is 2.48. The molecule has 0 radical (unpaired) electrons. The van der Waals surface area contributed by atoms with E-state index in [2.05, 4.69) is 17.6 Å². The van der Waals surface area contributed by atoms with Crippen molar-refractivity contribution in [2.24, 2.45) is 16.3 Å². The zero-order valence-corrected chi connectivity index (χ0v) is 15.0. The molecule has 2 aliphatic rings. The third-order valence-electron chi connectivity index (χ3n) is 4.99. The molecule has 22 heavy (non-hydrogen) atoms. The van der Waals surface area contributed by atoms with Crippen LogP contribution in [0.4, 0.5) is 0 Å². The number of aliphatic imine (C=N–C) groups is 1. The smallest absolute Gasteiger partial charge is 0.191 e. The number of nitrogens with one attached hydrogen (secondary N) is 2. The van der Waals surface area contributed by atoms with Crippen molar-refractivity contribution in [3.05, 3.63) is 0 Å². The van der Waals surface area contributed by atoms with Gasteiger partial charge >= 0.3 is 0 Å². The Morgan fingerprint density at radius 1 is 1.36 bits per heavy atom. The van der Waals surface area contributed by atoms with Crippen LogP contribution < -0.4 is 10.6 Å². The van der Waals surface area contributed by atoms with E-state index in [0.29, 0.717) is 11.8 Å². The van der Waals surface area contributed by atoms with Gasteiger partial charge in [0.1, 0.15) is 9.84 Å². The van der Waals surface area contributed by atoms with Gasteiger partial charge in [-0.1, -0.05) is 6.42 Å². The fraction of sp³-hybridized carbons (Fsp3) is 0.938. The molecule has 1 atom stereocenters. The minimum atomic E-state index is -2.90. The number of hydrogen-bond acceptors (Lipinski definition) is 3. The van der Waals surface area contributed by atoms with Gasteiger partial charge in [0.25, 0.3) is 0 Å². The lowest BCUT2D eigenvalue weighted by Gasteiger charge is -2.41. The van der Waals surface area contributed by atoms with E-state index >= 15 is 0 Å². The first-order valence-corrected chi connectivity index (χ1v) is 10.6. The van der Waals surface area contributed by atoms with Gasteiger partial charge in [0.05, 0.1) is 5.75 Å². The van der Waals surface area contributed by atoms with Crippen LogP contribution in [0.1, 0.15) is 52.4 Å². The average Bonchev–Trinajstić information content (AvgIpc) is 3.19. The van der Waals surface area contributed by atoms with Gasteiger partial charge in [-0.3, -0.25) is 4.99 Å². The maximum Gasteiger partial charge on any atom is 0.191 e. The molecular formula is C16H31N3O2S. The van der Waals surface area contributed by atoms with E-state index in [1.807, 2.05) is 6.92 Å². The van der Waals surface area contributed by atoms with E-state index in [4.69, 9.17) is 4.99 Å². The molecule has 2 aliphatic carbocycles. The van der Waals surface area contributed by atoms with E-state index < -0.39 is 9.84 Å². The molecule has 2 N–H and O–H groups in total. The summed E-state index contributed by atoms with van der Waals surface area (Å²) in [4.78, 5) is 4.80. The summed E-state index contributed by atoms with van der Waals surface area (Å²) < 4.78 is 22.5. The lowest BCUT2D eigenvalue weighted by Crippen LogP contribution is -2.44. The summed E-state index contributed by atoms with van der Waals surface area (Å²) in [6.45, 7) is 5.79. The van der Waals surface area contributed by atoms with Gasteiger partial charge in [0, 0.05) is 25.4 Å². The fourth-order valence-electron chi connectivity index (χ4n) is 3.28. The Bertz CT molecular complexity index is 494. The molecule has 0 saturated heterocycles. The third-order valence-corrected chi connectivity index (χ3v) is 5.97. The highest BCUT2D eigenvalue weighted by atomic mass is 32.2. The maximum atomic E-state index is 11.3. The summed E-state index contributed by atoms with van der Waals surface area (Å²) in [7, 11) is -2.90. The molecule has 0 amide bonds. The van der Waals surface area contributed by atoms with Crippen LogP contribution in [0.15, 0.2) is 4.99 Å². The molecule has 6 heteroatoms. The molecule has 0 aromatic rings. The van der Waals surface area contributed by atoms with Gasteiger partial charge < -0.3 is 10.6 Å². The molecule has 128 valence electrons. The quantitative estimate of drug-likeness (QED) is 0.527. The summed E-state index contributed by atoms with van der Waals surface area (Å²) in [6.07, 6.45) is 8.65. The van der Waals surface area contributed by atoms with Crippen LogP contribution in [-0.2, 0) is 9.84 Å². The Balaban J connectivity index is 1.86. The second-order valence-electron chi connectivity index (χ2n) is 7.15. The van der Waals surface area contributed by atoms with Gasteiger partial charge in [-0.15, -0.1) is 0 Å². The fourth-order valence-corrected chi connectivity index (χ4v) is 4.06. The van der Waals surface area contributed by atoms with Crippen LogP contribution in [0.25, 0.3) is 0 Å². The Labute approximate surface area is 135 Å². The van der Waals surface area contributed by atoms with Crippen molar-refractivity contribution in [1.29, 1.82) is 0 Å². The Morgan fingerprint density at radius 3 is 2.50 bits per heavy atom. The highest BCUT2D eigenvalue weighted by molar-refractivity contribution is 7.90. The zero-order chi connectivity index (χ0) is 16.2. The molecule has 0 spiro atoms. The van der Waals surface area contributed by atoms with E-state index in [-0.39, 0.29) is 11.8 Å². The minimum Gasteiger partial charge on any atom is -0.357 e. The zero-order valence-electron chi connectivity index (χ0n) is 14.2. The Morgan fingerprint density at radius 2 is 2.05 bits per heavy atom. The van der Waals surface area contributed by atoms with Gasteiger partial charge in [-0.25, -0.2) is 8.42 Å². The van der Waals surface area contributed by atoms with Gasteiger partial charge in [0.15, 0.2) is 5.96 Å². The van der Waals surface area contributed by atoms with E-state index in [1.54, 1.807) is 0 Å². The molecule has 2 saturated carbocycles. The molecule has 1 unspecified atom stereocenters. The van der Waals surface area contributed by atoms with E-state index in [9.17, 15) is 8.42 Å². The lowest BCUT2D eigenvalue weighted by atomic mass is 9.65. The topological polar surface area (TPSA) is 70.6 Å². The SMILES string of the molecule is CCNC(=NCC1(C2CC2)CCC1)NC(C)CCS(C)(=O)=O. The van der Waals surface area contributed by atoms with Crippen LogP contribution in [0.2, 0.25) is 0 Å². The van der Waals surface area contributed by atoms with Crippen molar-refractivity contribution in [1.82, 2.24) is 10.6 Å². The highest BCUT2D eigenvalue weighted by Crippen LogP contribution is 2.57. The lowest BCUT2D eigenvalue weighted by molar-refractivity contribution is 0.113. The summed E-state index contributed by atoms with van der Waals surface area (Å²) in [5, 5.41) is 6.63. The number of nitrogens with zero attached hydrogens (tertiary/aromatic N) is 1. The van der Waals surface area contributed by atoms with Gasteiger partial charge in [0.2, 0.25) is 0 Å². The number of sulfone groups is 1. The second kappa shape index (κ2) is 7.20. The first-order valence-electron chi connectivity index (χ1n) is 8.57. The second-order valence-corrected chi connectivity index (χ2v) is 9.41. The summed E-state index contributed by atoms with van der Waals surface area (Å²) >= 11 is 0. The predicted molar refractivity (Wildman–Crippen MR) is 91.9 cm³/mol. The Hall–Kier alpha value is -0.780. The number of guanidine groups is 1. The van der Waals surface area contributed by atoms with E-state index in [1.165, 1.54) is 38.4 Å². The molecule has 0 aromatic heterocycles. The maximum absolute atomic E-state index is 11.3. The Kier molecular flexibility index (Phi) is 5.75. The van der Waals surface area contributed by atoms with Crippen molar-refractivity contribution in [3.63, 3.8) is 0 Å². The molecule has 0 aromatic carbocycles. The molecule has 0 aliphatic heterocycles. The summed E-state index contributed by atoms with van der Waals surface area (Å²) in [5.41, 5.74) is 0.471. The van der Waals surface area contributed by atoms with Crippen molar-refractivity contribution >= 4 is 15.8 Å². The molecule has 2 rings (SSSR count). The predicted octanol–water partition coefficient (Wildman–Crippen LogP) is 1.95. The number of hydrogen-bond donors (Lipinski definition) is 2. The van der Waals surface area contributed by atoms with Crippen LogP contribution in [0.5, 0.6) is 0 Å². The van der Waals surface area contributed by atoms with Crippen LogP contribution in [0, 0.1) is 11.3 Å². The monoisotopic (exact) mass is 329 g/mol. The molecule has 5 nitrogen and oxygen atoms in total.